The van der Waals surface area contributed by atoms with E-state index in [0.29, 0.717) is 31.0 Å². The molecule has 0 bridgehead atoms. The molecular formula is C17H35IN4O2S. The number of aliphatic imine (C=N–C) groups is 1. The third-order valence-corrected chi connectivity index (χ3v) is 6.75. The molecule has 0 radical (unpaired) electrons. The van der Waals surface area contributed by atoms with Crippen LogP contribution in [0.4, 0.5) is 0 Å². The SMILES string of the molecule is CCC1CCCC(NC(=NC)NCCS(=O)(=O)NCC2CCC2)C1.I. The quantitative estimate of drug-likeness (QED) is 0.280. The van der Waals surface area contributed by atoms with Gasteiger partial charge in [-0.05, 0) is 37.5 Å². The molecule has 148 valence electrons. The van der Waals surface area contributed by atoms with E-state index < -0.39 is 10.0 Å². The number of hydrogen-bond acceptors (Lipinski definition) is 3. The molecule has 2 unspecified atom stereocenters. The monoisotopic (exact) mass is 486 g/mol. The molecule has 0 heterocycles. The second kappa shape index (κ2) is 11.6. The van der Waals surface area contributed by atoms with E-state index in [1.807, 2.05) is 0 Å². The van der Waals surface area contributed by atoms with Gasteiger partial charge >= 0.3 is 0 Å². The van der Waals surface area contributed by atoms with Gasteiger partial charge in [0.15, 0.2) is 5.96 Å². The summed E-state index contributed by atoms with van der Waals surface area (Å²) in [6.07, 6.45) is 9.69. The molecule has 25 heavy (non-hydrogen) atoms. The molecule has 0 aromatic heterocycles. The van der Waals surface area contributed by atoms with Crippen LogP contribution in [0, 0.1) is 11.8 Å². The van der Waals surface area contributed by atoms with E-state index in [1.165, 1.54) is 38.5 Å². The van der Waals surface area contributed by atoms with E-state index >= 15 is 0 Å². The first-order valence-electron chi connectivity index (χ1n) is 9.47. The topological polar surface area (TPSA) is 82.6 Å². The summed E-state index contributed by atoms with van der Waals surface area (Å²) < 4.78 is 26.7. The summed E-state index contributed by atoms with van der Waals surface area (Å²) in [6.45, 7) is 3.22. The molecule has 2 rings (SSSR count). The standard InChI is InChI=1S/C17H34N4O2S.HI/c1-3-14-6-5-9-16(12-14)21-17(18-2)19-10-11-24(22,23)20-13-15-7-4-8-15;/h14-16,20H,3-13H2,1-2H3,(H2,18,19,21);1H. The van der Waals surface area contributed by atoms with E-state index in [0.717, 1.165) is 18.8 Å². The molecule has 0 amide bonds. The van der Waals surface area contributed by atoms with Crippen LogP contribution in [0.1, 0.15) is 58.3 Å². The highest BCUT2D eigenvalue weighted by Gasteiger charge is 2.22. The predicted octanol–water partition coefficient (Wildman–Crippen LogP) is 2.46. The summed E-state index contributed by atoms with van der Waals surface area (Å²) in [6, 6.07) is 0.447. The van der Waals surface area contributed by atoms with Crippen LogP contribution in [0.25, 0.3) is 0 Å². The Labute approximate surface area is 170 Å². The molecule has 3 N–H and O–H groups in total. The van der Waals surface area contributed by atoms with Crippen molar-refractivity contribution in [2.45, 2.75) is 64.3 Å². The van der Waals surface area contributed by atoms with E-state index in [1.54, 1.807) is 7.05 Å². The van der Waals surface area contributed by atoms with Gasteiger partial charge in [0, 0.05) is 26.2 Å². The van der Waals surface area contributed by atoms with Crippen LogP contribution in [-0.4, -0.2) is 46.3 Å². The lowest BCUT2D eigenvalue weighted by Gasteiger charge is -2.30. The maximum atomic E-state index is 12.0. The van der Waals surface area contributed by atoms with Gasteiger partial charge in [-0.3, -0.25) is 4.99 Å². The fourth-order valence-electron chi connectivity index (χ4n) is 3.50. The highest BCUT2D eigenvalue weighted by Crippen LogP contribution is 2.26. The highest BCUT2D eigenvalue weighted by atomic mass is 127. The van der Waals surface area contributed by atoms with Crippen LogP contribution >= 0.6 is 24.0 Å². The summed E-state index contributed by atoms with van der Waals surface area (Å²) >= 11 is 0. The average Bonchev–Trinajstić information content (AvgIpc) is 2.52. The van der Waals surface area contributed by atoms with Crippen molar-refractivity contribution in [3.8, 4) is 0 Å². The molecule has 0 spiro atoms. The largest absolute Gasteiger partial charge is 0.355 e. The van der Waals surface area contributed by atoms with Crippen LogP contribution in [-0.2, 0) is 10.0 Å². The molecule has 2 atom stereocenters. The Morgan fingerprint density at radius 2 is 1.80 bits per heavy atom. The minimum atomic E-state index is -3.20. The van der Waals surface area contributed by atoms with E-state index in [2.05, 4.69) is 27.3 Å². The first-order chi connectivity index (χ1) is 11.5. The second-order valence-electron chi connectivity index (χ2n) is 7.25. The van der Waals surface area contributed by atoms with E-state index in [-0.39, 0.29) is 29.7 Å². The first kappa shape index (κ1) is 23.0. The fourth-order valence-corrected chi connectivity index (χ4v) is 4.50. The number of guanidine groups is 1. The number of rotatable bonds is 8. The fraction of sp³-hybridized carbons (Fsp3) is 0.941. The van der Waals surface area contributed by atoms with Gasteiger partial charge in [0.05, 0.1) is 5.75 Å². The summed E-state index contributed by atoms with van der Waals surface area (Å²) in [7, 11) is -1.46. The van der Waals surface area contributed by atoms with Crippen molar-refractivity contribution < 1.29 is 8.42 Å². The first-order valence-corrected chi connectivity index (χ1v) is 11.1. The minimum absolute atomic E-state index is 0. The van der Waals surface area contributed by atoms with Gasteiger partial charge in [0.2, 0.25) is 10.0 Å². The van der Waals surface area contributed by atoms with Crippen molar-refractivity contribution in [3.63, 3.8) is 0 Å². The summed E-state index contributed by atoms with van der Waals surface area (Å²) in [4.78, 5) is 4.23. The molecule has 8 heteroatoms. The van der Waals surface area contributed by atoms with Crippen LogP contribution < -0.4 is 15.4 Å². The van der Waals surface area contributed by atoms with Gasteiger partial charge in [-0.2, -0.15) is 0 Å². The van der Waals surface area contributed by atoms with Crippen LogP contribution in [0.2, 0.25) is 0 Å². The maximum absolute atomic E-state index is 12.0. The Hall–Kier alpha value is -0.0900. The zero-order valence-electron chi connectivity index (χ0n) is 15.6. The van der Waals surface area contributed by atoms with Crippen LogP contribution in [0.5, 0.6) is 0 Å². The zero-order valence-corrected chi connectivity index (χ0v) is 18.7. The normalized spacial score (nSPS) is 25.0. The van der Waals surface area contributed by atoms with Gasteiger partial charge in [-0.25, -0.2) is 13.1 Å². The molecular weight excluding hydrogens is 451 g/mol. The van der Waals surface area contributed by atoms with Crippen LogP contribution in [0.15, 0.2) is 4.99 Å². The highest BCUT2D eigenvalue weighted by molar-refractivity contribution is 14.0. The number of nitrogens with one attached hydrogen (secondary N) is 3. The van der Waals surface area contributed by atoms with Crippen molar-refractivity contribution in [2.75, 3.05) is 25.9 Å². The molecule has 0 aromatic carbocycles. The average molecular weight is 486 g/mol. The minimum Gasteiger partial charge on any atom is -0.355 e. The van der Waals surface area contributed by atoms with Crippen molar-refractivity contribution in [3.05, 3.63) is 0 Å². The number of hydrogen-bond donors (Lipinski definition) is 3. The van der Waals surface area contributed by atoms with Crippen molar-refractivity contribution >= 4 is 40.0 Å². The van der Waals surface area contributed by atoms with Gasteiger partial charge in [-0.15, -0.1) is 24.0 Å². The lowest BCUT2D eigenvalue weighted by atomic mass is 9.84. The summed E-state index contributed by atoms with van der Waals surface area (Å²) in [5.74, 6) is 2.14. The molecule has 2 aliphatic carbocycles. The molecule has 2 saturated carbocycles. The second-order valence-corrected chi connectivity index (χ2v) is 9.17. The third-order valence-electron chi connectivity index (χ3n) is 5.40. The molecule has 0 saturated heterocycles. The Morgan fingerprint density at radius 1 is 1.12 bits per heavy atom. The van der Waals surface area contributed by atoms with Crippen molar-refractivity contribution in [2.24, 2.45) is 16.8 Å². The van der Waals surface area contributed by atoms with Gasteiger partial charge in [0.1, 0.15) is 0 Å². The lowest BCUT2D eigenvalue weighted by Crippen LogP contribution is -2.47. The lowest BCUT2D eigenvalue weighted by molar-refractivity contribution is 0.298. The third kappa shape index (κ3) is 8.43. The number of sulfonamides is 1. The molecule has 0 aromatic rings. The van der Waals surface area contributed by atoms with Crippen molar-refractivity contribution in [1.82, 2.24) is 15.4 Å². The summed E-state index contributed by atoms with van der Waals surface area (Å²) in [5, 5.41) is 6.59. The smallest absolute Gasteiger partial charge is 0.213 e. The molecule has 6 nitrogen and oxygen atoms in total. The Morgan fingerprint density at radius 3 is 2.40 bits per heavy atom. The Bertz CT molecular complexity index is 509. The van der Waals surface area contributed by atoms with E-state index in [9.17, 15) is 8.42 Å². The van der Waals surface area contributed by atoms with Gasteiger partial charge in [-0.1, -0.05) is 32.6 Å². The number of halogens is 1. The van der Waals surface area contributed by atoms with Gasteiger partial charge in [0.25, 0.3) is 0 Å². The van der Waals surface area contributed by atoms with Crippen molar-refractivity contribution in [1.29, 1.82) is 0 Å². The predicted molar refractivity (Wildman–Crippen MR) is 115 cm³/mol. The van der Waals surface area contributed by atoms with Crippen LogP contribution in [0.3, 0.4) is 0 Å². The summed E-state index contributed by atoms with van der Waals surface area (Å²) in [5.41, 5.74) is 0. The van der Waals surface area contributed by atoms with Gasteiger partial charge < -0.3 is 10.6 Å². The Balaban J connectivity index is 0.00000312. The molecule has 2 aliphatic rings. The molecule has 2 fully saturated rings. The molecule has 0 aliphatic heterocycles. The number of nitrogens with zero attached hydrogens (tertiary/aromatic N) is 1. The Kier molecular flexibility index (Phi) is 10.6. The maximum Gasteiger partial charge on any atom is 0.213 e. The van der Waals surface area contributed by atoms with E-state index in [4.69, 9.17) is 0 Å². The zero-order chi connectivity index (χ0) is 17.4.